The first kappa shape index (κ1) is 11.7. The van der Waals surface area contributed by atoms with E-state index < -0.39 is 0 Å². The lowest BCUT2D eigenvalue weighted by atomic mass is 10.1. The third-order valence-electron chi connectivity index (χ3n) is 3.69. The first-order valence-electron chi connectivity index (χ1n) is 6.59. The molecule has 96 valence electrons. The lowest BCUT2D eigenvalue weighted by Crippen LogP contribution is -2.30. The number of likely N-dealkylation sites (N-methyl/N-ethyl adjacent to an activating group) is 1. The van der Waals surface area contributed by atoms with Crippen LogP contribution in [0.25, 0.3) is 11.0 Å². The molecule has 2 aromatic rings. The van der Waals surface area contributed by atoms with Crippen LogP contribution in [0.4, 0.5) is 0 Å². The number of hydrogen-bond donors (Lipinski definition) is 2. The Morgan fingerprint density at radius 1 is 1.44 bits per heavy atom. The van der Waals surface area contributed by atoms with E-state index >= 15 is 0 Å². The summed E-state index contributed by atoms with van der Waals surface area (Å²) in [5.74, 6) is 0. The van der Waals surface area contributed by atoms with Crippen LogP contribution in [0.5, 0.6) is 0 Å². The third kappa shape index (κ3) is 2.26. The summed E-state index contributed by atoms with van der Waals surface area (Å²) in [6, 6.07) is 7.64. The molecule has 1 fully saturated rings. The number of imidazole rings is 1. The molecule has 0 saturated heterocycles. The van der Waals surface area contributed by atoms with Crippen LogP contribution in [0.3, 0.4) is 0 Å². The van der Waals surface area contributed by atoms with Crippen LogP contribution in [0.2, 0.25) is 0 Å². The number of benzene rings is 1. The number of aromatic nitrogens is 2. The molecule has 1 aromatic carbocycles. The highest BCUT2D eigenvalue weighted by Crippen LogP contribution is 2.22. The van der Waals surface area contributed by atoms with Crippen LogP contribution < -0.4 is 10.6 Å². The second-order valence-electron chi connectivity index (χ2n) is 5.13. The number of nitrogens with zero attached hydrogens (tertiary/aromatic N) is 2. The van der Waals surface area contributed by atoms with E-state index in [4.69, 9.17) is 0 Å². The molecule has 18 heavy (non-hydrogen) atoms. The van der Waals surface area contributed by atoms with Crippen LogP contribution >= 0.6 is 0 Å². The monoisotopic (exact) mass is 244 g/mol. The van der Waals surface area contributed by atoms with Crippen molar-refractivity contribution < 1.29 is 0 Å². The third-order valence-corrected chi connectivity index (χ3v) is 3.69. The van der Waals surface area contributed by atoms with Crippen LogP contribution in [0.1, 0.15) is 24.4 Å². The zero-order chi connectivity index (χ0) is 12.5. The van der Waals surface area contributed by atoms with Crippen LogP contribution in [-0.4, -0.2) is 29.2 Å². The molecule has 1 aliphatic carbocycles. The summed E-state index contributed by atoms with van der Waals surface area (Å²) in [5.41, 5.74) is 3.56. The molecule has 4 heteroatoms. The maximum Gasteiger partial charge on any atom is 0.0955 e. The number of fused-ring (bicyclic) bond motifs is 1. The lowest BCUT2D eigenvalue weighted by molar-refractivity contribution is 0.526. The topological polar surface area (TPSA) is 41.9 Å². The van der Waals surface area contributed by atoms with E-state index in [2.05, 4.69) is 38.4 Å². The van der Waals surface area contributed by atoms with Crippen molar-refractivity contribution in [3.63, 3.8) is 0 Å². The average molecular weight is 244 g/mol. The molecule has 1 aromatic heterocycles. The van der Waals surface area contributed by atoms with E-state index in [1.165, 1.54) is 23.9 Å². The fraction of sp³-hybridized carbons (Fsp3) is 0.500. The SMILES string of the molecule is CNC(CNC1CC1)c1ccc2c(c1)ncn2C. The zero-order valence-corrected chi connectivity index (χ0v) is 11.0. The first-order valence-corrected chi connectivity index (χ1v) is 6.59. The van der Waals surface area contributed by atoms with Crippen LogP contribution in [-0.2, 0) is 7.05 Å². The van der Waals surface area contributed by atoms with Gasteiger partial charge in [-0.1, -0.05) is 6.07 Å². The van der Waals surface area contributed by atoms with Gasteiger partial charge in [0.15, 0.2) is 0 Å². The summed E-state index contributed by atoms with van der Waals surface area (Å²) in [7, 11) is 4.04. The summed E-state index contributed by atoms with van der Waals surface area (Å²) < 4.78 is 2.05. The molecule has 4 nitrogen and oxygen atoms in total. The van der Waals surface area contributed by atoms with Gasteiger partial charge in [0.05, 0.1) is 17.4 Å². The van der Waals surface area contributed by atoms with E-state index in [1.54, 1.807) is 0 Å². The maximum atomic E-state index is 4.42. The summed E-state index contributed by atoms with van der Waals surface area (Å²) in [6.45, 7) is 0.986. The van der Waals surface area contributed by atoms with E-state index in [9.17, 15) is 0 Å². The highest BCUT2D eigenvalue weighted by Gasteiger charge is 2.22. The van der Waals surface area contributed by atoms with E-state index in [-0.39, 0.29) is 0 Å². The van der Waals surface area contributed by atoms with E-state index in [0.717, 1.165) is 18.1 Å². The molecule has 0 aliphatic heterocycles. The Balaban J connectivity index is 1.81. The van der Waals surface area contributed by atoms with Gasteiger partial charge in [0.1, 0.15) is 0 Å². The largest absolute Gasteiger partial charge is 0.334 e. The van der Waals surface area contributed by atoms with E-state index in [0.29, 0.717) is 6.04 Å². The average Bonchev–Trinajstić information content (AvgIpc) is 3.14. The predicted octanol–water partition coefficient (Wildman–Crippen LogP) is 1.59. The Labute approximate surface area is 107 Å². The second kappa shape index (κ2) is 4.71. The van der Waals surface area contributed by atoms with Crippen molar-refractivity contribution in [3.05, 3.63) is 30.1 Å². The minimum atomic E-state index is 0.358. The number of rotatable bonds is 5. The molecule has 1 unspecified atom stereocenters. The molecule has 1 heterocycles. The molecule has 1 saturated carbocycles. The van der Waals surface area contributed by atoms with Crippen molar-refractivity contribution in [1.82, 2.24) is 20.2 Å². The van der Waals surface area contributed by atoms with Crippen molar-refractivity contribution in [3.8, 4) is 0 Å². The minimum Gasteiger partial charge on any atom is -0.334 e. The van der Waals surface area contributed by atoms with Gasteiger partial charge in [-0.2, -0.15) is 0 Å². The second-order valence-corrected chi connectivity index (χ2v) is 5.13. The first-order chi connectivity index (χ1) is 8.78. The van der Waals surface area contributed by atoms with Crippen molar-refractivity contribution in [2.75, 3.05) is 13.6 Å². The van der Waals surface area contributed by atoms with Crippen LogP contribution in [0, 0.1) is 0 Å². The highest BCUT2D eigenvalue weighted by atomic mass is 15.0. The minimum absolute atomic E-state index is 0.358. The summed E-state index contributed by atoms with van der Waals surface area (Å²) in [6.07, 6.45) is 4.52. The maximum absolute atomic E-state index is 4.42. The predicted molar refractivity (Wildman–Crippen MR) is 73.5 cm³/mol. The number of nitrogens with one attached hydrogen (secondary N) is 2. The van der Waals surface area contributed by atoms with Crippen molar-refractivity contribution in [2.45, 2.75) is 24.9 Å². The lowest BCUT2D eigenvalue weighted by Gasteiger charge is -2.17. The molecular weight excluding hydrogens is 224 g/mol. The molecule has 1 atom stereocenters. The fourth-order valence-corrected chi connectivity index (χ4v) is 2.33. The quantitative estimate of drug-likeness (QED) is 0.839. The fourth-order valence-electron chi connectivity index (χ4n) is 2.33. The van der Waals surface area contributed by atoms with E-state index in [1.807, 2.05) is 20.4 Å². The standard InChI is InChI=1S/C14H20N4/c1-15-13(8-16-11-4-5-11)10-3-6-14-12(7-10)17-9-18(14)2/h3,6-7,9,11,13,15-16H,4-5,8H2,1-2H3. The van der Waals surface area contributed by atoms with Gasteiger partial charge in [-0.05, 0) is 37.6 Å². The Hall–Kier alpha value is -1.39. The summed E-state index contributed by atoms with van der Waals surface area (Å²) in [5, 5.41) is 6.95. The molecule has 0 amide bonds. The molecule has 1 aliphatic rings. The number of aryl methyl sites for hydroxylation is 1. The van der Waals surface area contributed by atoms with Gasteiger partial charge in [0.25, 0.3) is 0 Å². The molecule has 2 N–H and O–H groups in total. The molecule has 0 bridgehead atoms. The molecule has 0 spiro atoms. The number of hydrogen-bond acceptors (Lipinski definition) is 3. The smallest absolute Gasteiger partial charge is 0.0955 e. The van der Waals surface area contributed by atoms with Gasteiger partial charge in [0.2, 0.25) is 0 Å². The van der Waals surface area contributed by atoms with Crippen molar-refractivity contribution in [2.24, 2.45) is 7.05 Å². The Kier molecular flexibility index (Phi) is 3.06. The molecule has 3 rings (SSSR count). The van der Waals surface area contributed by atoms with Crippen molar-refractivity contribution in [1.29, 1.82) is 0 Å². The normalized spacial score (nSPS) is 17.2. The Morgan fingerprint density at radius 2 is 2.28 bits per heavy atom. The highest BCUT2D eigenvalue weighted by molar-refractivity contribution is 5.76. The summed E-state index contributed by atoms with van der Waals surface area (Å²) in [4.78, 5) is 4.42. The van der Waals surface area contributed by atoms with Gasteiger partial charge in [-0.25, -0.2) is 4.98 Å². The van der Waals surface area contributed by atoms with Gasteiger partial charge in [-0.15, -0.1) is 0 Å². The molecule has 0 radical (unpaired) electrons. The molecular formula is C14H20N4. The summed E-state index contributed by atoms with van der Waals surface area (Å²) >= 11 is 0. The van der Waals surface area contributed by atoms with Gasteiger partial charge in [-0.3, -0.25) is 0 Å². The Bertz CT molecular complexity index is 542. The Morgan fingerprint density at radius 3 is 3.00 bits per heavy atom. The zero-order valence-electron chi connectivity index (χ0n) is 11.0. The van der Waals surface area contributed by atoms with Gasteiger partial charge in [0, 0.05) is 25.7 Å². The van der Waals surface area contributed by atoms with Crippen molar-refractivity contribution >= 4 is 11.0 Å². The van der Waals surface area contributed by atoms with Gasteiger partial charge < -0.3 is 15.2 Å². The van der Waals surface area contributed by atoms with Gasteiger partial charge >= 0.3 is 0 Å². The van der Waals surface area contributed by atoms with Crippen LogP contribution in [0.15, 0.2) is 24.5 Å².